The smallest absolute Gasteiger partial charge is 0.334 e. The highest BCUT2D eigenvalue weighted by Gasteiger charge is 2.51. The molecule has 2 aliphatic heterocycles. The van der Waals surface area contributed by atoms with E-state index < -0.39 is 28.4 Å². The monoisotopic (exact) mass is 787 g/mol. The zero-order chi connectivity index (χ0) is 39.9. The second kappa shape index (κ2) is 20.9. The molecule has 0 aromatic heterocycles. The van der Waals surface area contributed by atoms with E-state index in [-0.39, 0.29) is 68.2 Å². The molecule has 5 rings (SSSR count). The number of aromatic hydroxyl groups is 1. The third-order valence-electron chi connectivity index (χ3n) is 10.3. The number of hydrogen-bond acceptors (Lipinski definition) is 8. The van der Waals surface area contributed by atoms with Crippen molar-refractivity contribution in [1.29, 1.82) is 0 Å². The van der Waals surface area contributed by atoms with Gasteiger partial charge in [0, 0.05) is 31.6 Å². The van der Waals surface area contributed by atoms with Crippen LogP contribution in [0.1, 0.15) is 87.8 Å². The predicted molar refractivity (Wildman–Crippen MR) is 217 cm³/mol. The Morgan fingerprint density at radius 2 is 1.52 bits per heavy atom. The van der Waals surface area contributed by atoms with Crippen LogP contribution in [0.5, 0.6) is 11.5 Å². The van der Waals surface area contributed by atoms with E-state index in [4.69, 9.17) is 4.18 Å². The average molecular weight is 788 g/mol. The van der Waals surface area contributed by atoms with E-state index in [1.54, 1.807) is 52.4 Å². The second-order valence-electron chi connectivity index (χ2n) is 14.6. The van der Waals surface area contributed by atoms with Gasteiger partial charge in [0.1, 0.15) is 23.7 Å². The number of phenols is 1. The number of amides is 4. The summed E-state index contributed by atoms with van der Waals surface area (Å²) in [5.74, 6) is -0.579. The number of rotatable bonds is 21. The van der Waals surface area contributed by atoms with Crippen molar-refractivity contribution in [2.75, 3.05) is 25.4 Å². The fourth-order valence-corrected chi connectivity index (χ4v) is 8.50. The van der Waals surface area contributed by atoms with Crippen LogP contribution >= 0.6 is 0 Å². The molecule has 2 saturated heterocycles. The highest BCUT2D eigenvalue weighted by atomic mass is 32.2. The fourth-order valence-electron chi connectivity index (χ4n) is 7.42. The largest absolute Gasteiger partial charge is 0.508 e. The first-order chi connectivity index (χ1) is 27.1. The summed E-state index contributed by atoms with van der Waals surface area (Å²) in [5, 5.41) is 16.0. The Morgan fingerprint density at radius 1 is 0.875 bits per heavy atom. The fraction of sp³-hybridized carbons (Fsp3) is 0.465. The van der Waals surface area contributed by atoms with Crippen molar-refractivity contribution in [3.8, 4) is 11.5 Å². The number of nitrogens with zero attached hydrogens (tertiary/aromatic N) is 4. The number of piperazine rings is 1. The van der Waals surface area contributed by atoms with E-state index >= 15 is 0 Å². The first kappa shape index (κ1) is 42.3. The van der Waals surface area contributed by atoms with Gasteiger partial charge >= 0.3 is 16.1 Å². The third-order valence-corrected chi connectivity index (χ3v) is 11.6. The summed E-state index contributed by atoms with van der Waals surface area (Å²) in [6.07, 6.45) is 11.7. The van der Waals surface area contributed by atoms with Gasteiger partial charge in [-0.05, 0) is 35.7 Å². The number of hydrogen-bond donors (Lipinski definition) is 2. The van der Waals surface area contributed by atoms with E-state index in [1.165, 1.54) is 60.6 Å². The van der Waals surface area contributed by atoms with Gasteiger partial charge in [-0.15, -0.1) is 6.58 Å². The minimum absolute atomic E-state index is 0.0195. The van der Waals surface area contributed by atoms with Crippen molar-refractivity contribution >= 4 is 28.0 Å². The molecule has 0 unspecified atom stereocenters. The molecular weight excluding hydrogens is 731 g/mol. The molecule has 2 atom stereocenters. The SMILES string of the molecule is C=CCN1CC(=O)N2[C@@H](Cc3ccc(O)cc3)C(=O)N(Cc3ccccc3OS(=O)(=O)CCCCCCCCCCCC)C[C@@H]2N1C(=O)NCc1ccccc1. The Morgan fingerprint density at radius 3 is 2.20 bits per heavy atom. The standard InChI is InChI=1S/C43H57N5O7S/c1-3-5-6-7-8-9-10-11-12-18-28-56(53,54)55-39-22-17-16-21-36(39)31-45-32-40-47(38(42(45)51)29-34-23-25-37(49)26-24-34)41(50)33-46(27-4-2)48(40)43(52)44-30-35-19-14-13-15-20-35/h4,13-17,19-26,38,40,49H,2-3,5-12,18,27-33H2,1H3,(H,44,52)/t38-,40-/m0/s1. The maximum atomic E-state index is 14.5. The Kier molecular flexibility index (Phi) is 15.8. The minimum atomic E-state index is -3.92. The molecule has 2 N–H and O–H groups in total. The van der Waals surface area contributed by atoms with E-state index in [1.807, 2.05) is 30.3 Å². The molecule has 2 heterocycles. The topological polar surface area (TPSA) is 140 Å². The Hall–Kier alpha value is -4.88. The third kappa shape index (κ3) is 11.8. The van der Waals surface area contributed by atoms with Crippen LogP contribution in [0.3, 0.4) is 0 Å². The number of phenolic OH excluding ortho intramolecular Hbond substituents is 1. The number of nitrogens with one attached hydrogen (secondary N) is 1. The Labute approximate surface area is 332 Å². The highest BCUT2D eigenvalue weighted by molar-refractivity contribution is 7.87. The summed E-state index contributed by atoms with van der Waals surface area (Å²) < 4.78 is 32.1. The predicted octanol–water partition coefficient (Wildman–Crippen LogP) is 6.76. The summed E-state index contributed by atoms with van der Waals surface area (Å²) in [4.78, 5) is 45.5. The summed E-state index contributed by atoms with van der Waals surface area (Å²) >= 11 is 0. The van der Waals surface area contributed by atoms with E-state index in [2.05, 4.69) is 18.8 Å². The van der Waals surface area contributed by atoms with Crippen molar-refractivity contribution < 1.29 is 32.1 Å². The van der Waals surface area contributed by atoms with E-state index in [0.29, 0.717) is 17.5 Å². The number of carbonyl (C=O) groups is 3. The van der Waals surface area contributed by atoms with Crippen LogP contribution in [0.4, 0.5) is 4.79 Å². The molecule has 0 bridgehead atoms. The van der Waals surface area contributed by atoms with E-state index in [0.717, 1.165) is 24.8 Å². The van der Waals surface area contributed by atoms with Crippen LogP contribution in [-0.2, 0) is 39.2 Å². The molecular formula is C43H57N5O7S. The normalized spacial score (nSPS) is 17.5. The van der Waals surface area contributed by atoms with Gasteiger partial charge in [-0.3, -0.25) is 9.59 Å². The quantitative estimate of drug-likeness (QED) is 0.0687. The van der Waals surface area contributed by atoms with Crippen molar-refractivity contribution in [3.63, 3.8) is 0 Å². The summed E-state index contributed by atoms with van der Waals surface area (Å²) in [6, 6.07) is 21.2. The van der Waals surface area contributed by atoms with Crippen LogP contribution in [0, 0.1) is 0 Å². The molecule has 56 heavy (non-hydrogen) atoms. The van der Waals surface area contributed by atoms with Gasteiger partial charge in [-0.2, -0.15) is 8.42 Å². The maximum absolute atomic E-state index is 14.5. The van der Waals surface area contributed by atoms with Gasteiger partial charge in [-0.1, -0.05) is 131 Å². The molecule has 13 heteroatoms. The molecule has 0 radical (unpaired) electrons. The number of para-hydroxylation sites is 1. The molecule has 0 saturated carbocycles. The van der Waals surface area contributed by atoms with Crippen LogP contribution in [-0.4, -0.2) is 88.8 Å². The van der Waals surface area contributed by atoms with Crippen LogP contribution < -0.4 is 9.50 Å². The van der Waals surface area contributed by atoms with Gasteiger partial charge in [0.2, 0.25) is 11.8 Å². The molecule has 4 amide bonds. The summed E-state index contributed by atoms with van der Waals surface area (Å²) in [5.41, 5.74) is 2.09. The maximum Gasteiger partial charge on any atom is 0.334 e. The number of urea groups is 1. The van der Waals surface area contributed by atoms with Crippen molar-refractivity contribution in [2.45, 2.75) is 103 Å². The summed E-state index contributed by atoms with van der Waals surface area (Å²) in [7, 11) is -3.92. The summed E-state index contributed by atoms with van der Waals surface area (Å²) in [6.45, 7) is 6.30. The minimum Gasteiger partial charge on any atom is -0.508 e. The first-order valence-electron chi connectivity index (χ1n) is 19.9. The van der Waals surface area contributed by atoms with E-state index in [9.17, 15) is 27.9 Å². The first-order valence-corrected chi connectivity index (χ1v) is 21.5. The zero-order valence-electron chi connectivity index (χ0n) is 32.6. The highest BCUT2D eigenvalue weighted by Crippen LogP contribution is 2.31. The zero-order valence-corrected chi connectivity index (χ0v) is 33.4. The van der Waals surface area contributed by atoms with Crippen LogP contribution in [0.2, 0.25) is 0 Å². The lowest BCUT2D eigenvalue weighted by atomic mass is 9.98. The average Bonchev–Trinajstić information content (AvgIpc) is 3.18. The molecule has 2 aliphatic rings. The lowest BCUT2D eigenvalue weighted by Crippen LogP contribution is -2.76. The van der Waals surface area contributed by atoms with Gasteiger partial charge < -0.3 is 24.4 Å². The van der Waals surface area contributed by atoms with Gasteiger partial charge in [0.05, 0.1) is 18.8 Å². The van der Waals surface area contributed by atoms with Crippen molar-refractivity contribution in [2.24, 2.45) is 0 Å². The molecule has 12 nitrogen and oxygen atoms in total. The number of carbonyl (C=O) groups excluding carboxylic acids is 3. The molecule has 3 aromatic rings. The van der Waals surface area contributed by atoms with Gasteiger partial charge in [0.15, 0.2) is 0 Å². The number of fused-ring (bicyclic) bond motifs is 1. The number of hydrazine groups is 1. The number of unbranched alkanes of at least 4 members (excludes halogenated alkanes) is 9. The van der Waals surface area contributed by atoms with Crippen LogP contribution in [0.25, 0.3) is 0 Å². The molecule has 2 fully saturated rings. The second-order valence-corrected chi connectivity index (χ2v) is 16.3. The molecule has 0 spiro atoms. The lowest BCUT2D eigenvalue weighted by Gasteiger charge is -2.55. The number of benzene rings is 3. The van der Waals surface area contributed by atoms with Crippen molar-refractivity contribution in [1.82, 2.24) is 25.1 Å². The lowest BCUT2D eigenvalue weighted by molar-refractivity contribution is -0.189. The molecule has 3 aromatic carbocycles. The van der Waals surface area contributed by atoms with Crippen LogP contribution in [0.15, 0.2) is 91.5 Å². The van der Waals surface area contributed by atoms with Gasteiger partial charge in [-0.25, -0.2) is 14.8 Å². The van der Waals surface area contributed by atoms with Gasteiger partial charge in [0.25, 0.3) is 0 Å². The Bertz CT molecular complexity index is 1860. The molecule has 0 aliphatic carbocycles. The Balaban J connectivity index is 1.34. The van der Waals surface area contributed by atoms with Crippen molar-refractivity contribution in [3.05, 3.63) is 108 Å². The molecule has 302 valence electrons.